The molecule has 1 saturated carbocycles. The quantitative estimate of drug-likeness (QED) is 0.773. The molecule has 0 unspecified atom stereocenters. The van der Waals surface area contributed by atoms with Gasteiger partial charge in [-0.3, -0.25) is 4.79 Å². The Hall–Kier alpha value is -1.79. The van der Waals surface area contributed by atoms with E-state index in [9.17, 15) is 9.59 Å². The molecule has 6 nitrogen and oxygen atoms in total. The molecule has 0 aromatic heterocycles. The maximum Gasteiger partial charge on any atom is 0.343 e. The molecule has 2 atom stereocenters. The standard InChI is InChI=1S/C16H22N2O4.ClH/c1-21-16(20)10-22-13-7-5-12(6-8-13)18-15(19)9-11-3-2-4-14(11)17;/h5-8,11,14H,2-4,9-10,17H2,1H3,(H,18,19);1H/t11-,14+;/m0./s1. The molecule has 0 bridgehead atoms. The van der Waals surface area contributed by atoms with Gasteiger partial charge in [0.25, 0.3) is 0 Å². The lowest BCUT2D eigenvalue weighted by Crippen LogP contribution is -2.28. The van der Waals surface area contributed by atoms with E-state index < -0.39 is 5.97 Å². The smallest absolute Gasteiger partial charge is 0.343 e. The van der Waals surface area contributed by atoms with Crippen molar-refractivity contribution in [3.05, 3.63) is 24.3 Å². The van der Waals surface area contributed by atoms with Crippen LogP contribution in [0.3, 0.4) is 0 Å². The zero-order valence-electron chi connectivity index (χ0n) is 13.1. The Morgan fingerprint density at radius 1 is 1.26 bits per heavy atom. The van der Waals surface area contributed by atoms with E-state index in [-0.39, 0.29) is 36.9 Å². The number of hydrogen-bond acceptors (Lipinski definition) is 5. The van der Waals surface area contributed by atoms with Crippen LogP contribution < -0.4 is 15.8 Å². The summed E-state index contributed by atoms with van der Waals surface area (Å²) in [4.78, 5) is 23.0. The van der Waals surface area contributed by atoms with Gasteiger partial charge in [0.1, 0.15) is 5.75 Å². The van der Waals surface area contributed by atoms with Crippen molar-refractivity contribution >= 4 is 30.0 Å². The molecule has 1 aromatic rings. The van der Waals surface area contributed by atoms with Gasteiger partial charge in [0, 0.05) is 18.2 Å². The Morgan fingerprint density at radius 2 is 1.96 bits per heavy atom. The second-order valence-electron chi connectivity index (χ2n) is 5.50. The van der Waals surface area contributed by atoms with E-state index in [0.29, 0.717) is 17.9 Å². The van der Waals surface area contributed by atoms with Crippen LogP contribution in [0.5, 0.6) is 5.75 Å². The first-order valence-electron chi connectivity index (χ1n) is 7.43. The van der Waals surface area contributed by atoms with Crippen LogP contribution in [0.1, 0.15) is 25.7 Å². The first kappa shape index (κ1) is 19.3. The summed E-state index contributed by atoms with van der Waals surface area (Å²) >= 11 is 0. The van der Waals surface area contributed by atoms with Gasteiger partial charge in [0.05, 0.1) is 7.11 Å². The predicted molar refractivity (Wildman–Crippen MR) is 89.8 cm³/mol. The van der Waals surface area contributed by atoms with Crippen molar-refractivity contribution < 1.29 is 19.1 Å². The minimum absolute atomic E-state index is 0. The highest BCUT2D eigenvalue weighted by molar-refractivity contribution is 5.91. The molecule has 1 fully saturated rings. The Labute approximate surface area is 142 Å². The van der Waals surface area contributed by atoms with Crippen LogP contribution >= 0.6 is 12.4 Å². The summed E-state index contributed by atoms with van der Waals surface area (Å²) in [6.07, 6.45) is 3.59. The van der Waals surface area contributed by atoms with Crippen molar-refractivity contribution in [2.24, 2.45) is 11.7 Å². The van der Waals surface area contributed by atoms with Gasteiger partial charge in [-0.2, -0.15) is 0 Å². The van der Waals surface area contributed by atoms with Crippen molar-refractivity contribution in [3.8, 4) is 5.75 Å². The van der Waals surface area contributed by atoms with Crippen molar-refractivity contribution in [3.63, 3.8) is 0 Å². The van der Waals surface area contributed by atoms with Crippen molar-refractivity contribution in [1.82, 2.24) is 0 Å². The van der Waals surface area contributed by atoms with Crippen molar-refractivity contribution in [2.45, 2.75) is 31.7 Å². The molecular weight excluding hydrogens is 320 g/mol. The van der Waals surface area contributed by atoms with Gasteiger partial charge in [-0.15, -0.1) is 12.4 Å². The Bertz CT molecular complexity index is 521. The first-order valence-corrected chi connectivity index (χ1v) is 7.43. The molecule has 7 heteroatoms. The van der Waals surface area contributed by atoms with E-state index >= 15 is 0 Å². The number of hydrogen-bond donors (Lipinski definition) is 2. The number of esters is 1. The molecule has 0 saturated heterocycles. The van der Waals surface area contributed by atoms with Gasteiger partial charge < -0.3 is 20.5 Å². The fourth-order valence-corrected chi connectivity index (χ4v) is 2.60. The van der Waals surface area contributed by atoms with Gasteiger partial charge in [-0.1, -0.05) is 6.42 Å². The van der Waals surface area contributed by atoms with E-state index in [1.54, 1.807) is 24.3 Å². The van der Waals surface area contributed by atoms with Crippen molar-refractivity contribution in [2.75, 3.05) is 19.0 Å². The SMILES string of the molecule is COC(=O)COc1ccc(NC(=O)C[C@@H]2CCC[C@H]2N)cc1.Cl. The van der Waals surface area contributed by atoms with Gasteiger partial charge in [0.2, 0.25) is 5.91 Å². The minimum atomic E-state index is -0.440. The summed E-state index contributed by atoms with van der Waals surface area (Å²) in [7, 11) is 1.31. The monoisotopic (exact) mass is 342 g/mol. The number of methoxy groups -OCH3 is 1. The molecule has 128 valence electrons. The number of nitrogens with two attached hydrogens (primary N) is 1. The number of benzene rings is 1. The van der Waals surface area contributed by atoms with Crippen LogP contribution in [0.15, 0.2) is 24.3 Å². The summed E-state index contributed by atoms with van der Waals surface area (Å²) in [6, 6.07) is 7.00. The third-order valence-corrected chi connectivity index (χ3v) is 3.89. The number of nitrogens with one attached hydrogen (secondary N) is 1. The Kier molecular flexibility index (Phi) is 7.85. The van der Waals surface area contributed by atoms with Crippen LogP contribution in [0.2, 0.25) is 0 Å². The lowest BCUT2D eigenvalue weighted by molar-refractivity contribution is -0.142. The van der Waals surface area contributed by atoms with E-state index in [1.165, 1.54) is 7.11 Å². The van der Waals surface area contributed by atoms with E-state index in [4.69, 9.17) is 10.5 Å². The number of anilines is 1. The highest BCUT2D eigenvalue weighted by Gasteiger charge is 2.25. The number of carbonyl (C=O) groups is 2. The van der Waals surface area contributed by atoms with Crippen LogP contribution in [0, 0.1) is 5.92 Å². The molecule has 23 heavy (non-hydrogen) atoms. The highest BCUT2D eigenvalue weighted by Crippen LogP contribution is 2.27. The van der Waals surface area contributed by atoms with Crippen LogP contribution in [0.4, 0.5) is 5.69 Å². The van der Waals surface area contributed by atoms with Gasteiger partial charge >= 0.3 is 5.97 Å². The van der Waals surface area contributed by atoms with Gasteiger partial charge in [-0.25, -0.2) is 4.79 Å². The first-order chi connectivity index (χ1) is 10.6. The zero-order valence-corrected chi connectivity index (χ0v) is 13.9. The number of halogens is 1. The average molecular weight is 343 g/mol. The minimum Gasteiger partial charge on any atom is -0.482 e. The Morgan fingerprint density at radius 3 is 2.52 bits per heavy atom. The summed E-state index contributed by atoms with van der Waals surface area (Å²) in [5, 5.41) is 2.85. The second kappa shape index (κ2) is 9.37. The fraction of sp³-hybridized carbons (Fsp3) is 0.500. The molecule has 3 N–H and O–H groups in total. The van der Waals surface area contributed by atoms with Crippen LogP contribution in [0.25, 0.3) is 0 Å². The summed E-state index contributed by atoms with van der Waals surface area (Å²) in [6.45, 7) is -0.137. The predicted octanol–water partition coefficient (Wildman–Crippen LogP) is 2.12. The normalized spacial score (nSPS) is 19.6. The molecule has 1 amide bonds. The molecule has 0 aliphatic heterocycles. The van der Waals surface area contributed by atoms with Gasteiger partial charge in [0.15, 0.2) is 6.61 Å². The summed E-state index contributed by atoms with van der Waals surface area (Å²) < 4.78 is 9.73. The average Bonchev–Trinajstić information content (AvgIpc) is 2.91. The number of amides is 1. The topological polar surface area (TPSA) is 90.6 Å². The molecule has 0 spiro atoms. The van der Waals surface area contributed by atoms with E-state index in [0.717, 1.165) is 19.3 Å². The molecule has 1 aliphatic carbocycles. The van der Waals surface area contributed by atoms with E-state index in [2.05, 4.69) is 10.1 Å². The zero-order chi connectivity index (χ0) is 15.9. The number of ether oxygens (including phenoxy) is 2. The summed E-state index contributed by atoms with van der Waals surface area (Å²) in [5.41, 5.74) is 6.67. The van der Waals surface area contributed by atoms with Crippen molar-refractivity contribution in [1.29, 1.82) is 0 Å². The molecule has 0 heterocycles. The second-order valence-corrected chi connectivity index (χ2v) is 5.50. The lowest BCUT2D eigenvalue weighted by Gasteiger charge is -2.14. The largest absolute Gasteiger partial charge is 0.482 e. The Balaban J connectivity index is 0.00000264. The molecule has 1 aliphatic rings. The van der Waals surface area contributed by atoms with Gasteiger partial charge in [-0.05, 0) is 43.0 Å². The molecule has 2 rings (SSSR count). The van der Waals surface area contributed by atoms with E-state index in [1.807, 2.05) is 0 Å². The number of rotatable bonds is 6. The fourth-order valence-electron chi connectivity index (χ4n) is 2.60. The third-order valence-electron chi connectivity index (χ3n) is 3.89. The maximum atomic E-state index is 12.0. The lowest BCUT2D eigenvalue weighted by atomic mass is 10.00. The van der Waals surface area contributed by atoms with Crippen LogP contribution in [-0.2, 0) is 14.3 Å². The molecular formula is C16H23ClN2O4. The maximum absolute atomic E-state index is 12.0. The molecule has 0 radical (unpaired) electrons. The van der Waals surface area contributed by atoms with Crippen LogP contribution in [-0.4, -0.2) is 31.6 Å². The third kappa shape index (κ3) is 6.08. The highest BCUT2D eigenvalue weighted by atomic mass is 35.5. The summed E-state index contributed by atoms with van der Waals surface area (Å²) in [5.74, 6) is 0.361. The molecule has 1 aromatic carbocycles. The number of carbonyl (C=O) groups excluding carboxylic acids is 2.